The second-order valence-electron chi connectivity index (χ2n) is 3.60. The average molecular weight is 222 g/mol. The highest BCUT2D eigenvalue weighted by Crippen LogP contribution is 2.12. The van der Waals surface area contributed by atoms with E-state index in [-0.39, 0.29) is 6.61 Å². The van der Waals surface area contributed by atoms with Crippen molar-refractivity contribution in [2.45, 2.75) is 26.4 Å². The first-order valence-corrected chi connectivity index (χ1v) is 5.37. The van der Waals surface area contributed by atoms with Crippen molar-refractivity contribution in [3.8, 4) is 0 Å². The fourth-order valence-electron chi connectivity index (χ4n) is 1.67. The van der Waals surface area contributed by atoms with Gasteiger partial charge in [-0.05, 0) is 6.92 Å². The van der Waals surface area contributed by atoms with Crippen LogP contribution in [0.5, 0.6) is 0 Å². The van der Waals surface area contributed by atoms with E-state index in [4.69, 9.17) is 10.8 Å². The van der Waals surface area contributed by atoms with E-state index in [1.165, 1.54) is 0 Å². The lowest BCUT2D eigenvalue weighted by Crippen LogP contribution is -2.38. The number of rotatable bonds is 4. The van der Waals surface area contributed by atoms with Gasteiger partial charge < -0.3 is 15.4 Å². The molecule has 16 heavy (non-hydrogen) atoms. The number of hydrogen-bond acceptors (Lipinski definition) is 4. The number of fused-ring (bicyclic) bond motifs is 1. The summed E-state index contributed by atoms with van der Waals surface area (Å²) in [6, 6.07) is 0. The van der Waals surface area contributed by atoms with Crippen molar-refractivity contribution in [3.05, 3.63) is 12.7 Å². The van der Waals surface area contributed by atoms with Crippen LogP contribution in [0.1, 0.15) is 13.3 Å². The van der Waals surface area contributed by atoms with Crippen LogP contribution in [0.4, 0.5) is 5.82 Å². The smallest absolute Gasteiger partial charge is 0.250 e. The van der Waals surface area contributed by atoms with Gasteiger partial charge in [0.05, 0.1) is 12.9 Å². The molecule has 6 nitrogen and oxygen atoms in total. The maximum Gasteiger partial charge on any atom is 0.250 e. The number of aliphatic hydroxyl groups is 1. The number of aromatic nitrogens is 4. The standard InChI is InChI=1S/C10H15N5O/c1-2-14-6-12-8-9(11)15(4-3-5-16)7-13-10(8)14/h6-7,11,16H,2-5H2,1H3/p+1. The fourth-order valence-corrected chi connectivity index (χ4v) is 1.67. The number of anilines is 1. The summed E-state index contributed by atoms with van der Waals surface area (Å²) in [5.74, 6) is 0.602. The molecule has 0 aliphatic heterocycles. The quantitative estimate of drug-likeness (QED) is 0.696. The van der Waals surface area contributed by atoms with Crippen molar-refractivity contribution in [1.82, 2.24) is 14.5 Å². The first-order valence-electron chi connectivity index (χ1n) is 5.37. The Kier molecular flexibility index (Phi) is 3.00. The summed E-state index contributed by atoms with van der Waals surface area (Å²) in [5.41, 5.74) is 7.52. The number of nitrogen functional groups attached to an aromatic ring is 1. The third kappa shape index (κ3) is 1.71. The molecule has 0 amide bonds. The van der Waals surface area contributed by atoms with Gasteiger partial charge in [0.1, 0.15) is 0 Å². The lowest BCUT2D eigenvalue weighted by Gasteiger charge is -2.02. The monoisotopic (exact) mass is 222 g/mol. The minimum absolute atomic E-state index is 0.147. The van der Waals surface area contributed by atoms with Crippen LogP contribution in [-0.2, 0) is 13.1 Å². The zero-order valence-electron chi connectivity index (χ0n) is 9.30. The Morgan fingerprint density at radius 3 is 3.00 bits per heavy atom. The number of aryl methyl sites for hydroxylation is 2. The Hall–Kier alpha value is -1.69. The zero-order valence-corrected chi connectivity index (χ0v) is 9.30. The number of imidazole rings is 1. The maximum absolute atomic E-state index is 8.78. The highest BCUT2D eigenvalue weighted by Gasteiger charge is 2.15. The molecule has 0 saturated heterocycles. The fraction of sp³-hybridized carbons (Fsp3) is 0.500. The Balaban J connectivity index is 2.45. The topological polar surface area (TPSA) is 80.8 Å². The van der Waals surface area contributed by atoms with Crippen molar-refractivity contribution in [2.75, 3.05) is 12.3 Å². The van der Waals surface area contributed by atoms with Crippen LogP contribution < -0.4 is 10.3 Å². The average Bonchev–Trinajstić information content (AvgIpc) is 2.72. The molecule has 0 aliphatic rings. The van der Waals surface area contributed by atoms with Gasteiger partial charge in [0.2, 0.25) is 12.0 Å². The summed E-state index contributed by atoms with van der Waals surface area (Å²) in [5, 5.41) is 8.78. The molecule has 2 aromatic rings. The predicted molar refractivity (Wildman–Crippen MR) is 59.5 cm³/mol. The second-order valence-corrected chi connectivity index (χ2v) is 3.60. The van der Waals surface area contributed by atoms with E-state index in [1.807, 2.05) is 16.1 Å². The summed E-state index contributed by atoms with van der Waals surface area (Å²) < 4.78 is 3.76. The highest BCUT2D eigenvalue weighted by molar-refractivity contribution is 5.79. The minimum Gasteiger partial charge on any atom is -0.396 e. The van der Waals surface area contributed by atoms with Gasteiger partial charge in [-0.2, -0.15) is 0 Å². The summed E-state index contributed by atoms with van der Waals surface area (Å²) in [6.45, 7) is 3.66. The first-order chi connectivity index (χ1) is 7.77. The van der Waals surface area contributed by atoms with Gasteiger partial charge >= 0.3 is 0 Å². The maximum atomic E-state index is 8.78. The van der Waals surface area contributed by atoms with Gasteiger partial charge in [-0.3, -0.25) is 0 Å². The Morgan fingerprint density at radius 2 is 2.31 bits per heavy atom. The normalized spacial score (nSPS) is 11.1. The molecule has 0 aliphatic carbocycles. The third-order valence-electron chi connectivity index (χ3n) is 2.58. The molecule has 0 spiro atoms. The van der Waals surface area contributed by atoms with Gasteiger partial charge in [-0.15, -0.1) is 0 Å². The van der Waals surface area contributed by atoms with Crippen molar-refractivity contribution in [2.24, 2.45) is 0 Å². The van der Waals surface area contributed by atoms with Gasteiger partial charge in [0.25, 0.3) is 5.82 Å². The van der Waals surface area contributed by atoms with Crippen LogP contribution in [0, 0.1) is 0 Å². The van der Waals surface area contributed by atoms with Crippen LogP contribution in [0.25, 0.3) is 11.2 Å². The van der Waals surface area contributed by atoms with Crippen LogP contribution >= 0.6 is 0 Å². The van der Waals surface area contributed by atoms with Crippen molar-refractivity contribution in [3.63, 3.8) is 0 Å². The summed E-state index contributed by atoms with van der Waals surface area (Å²) >= 11 is 0. The van der Waals surface area contributed by atoms with Crippen molar-refractivity contribution in [1.29, 1.82) is 0 Å². The van der Waals surface area contributed by atoms with E-state index in [0.717, 1.165) is 17.7 Å². The van der Waals surface area contributed by atoms with Crippen LogP contribution in [0.3, 0.4) is 0 Å². The summed E-state index contributed by atoms with van der Waals surface area (Å²) in [6.07, 6.45) is 4.10. The van der Waals surface area contributed by atoms with E-state index >= 15 is 0 Å². The lowest BCUT2D eigenvalue weighted by molar-refractivity contribution is -0.685. The van der Waals surface area contributed by atoms with Gasteiger partial charge in [0, 0.05) is 19.6 Å². The SMILES string of the molecule is CCn1cnc2c(N)[n+](CCCO)cnc21. The Morgan fingerprint density at radius 1 is 1.50 bits per heavy atom. The Bertz CT molecular complexity index is 493. The summed E-state index contributed by atoms with van der Waals surface area (Å²) in [4.78, 5) is 8.58. The molecule has 0 saturated carbocycles. The first kappa shape index (κ1) is 10.8. The Labute approximate surface area is 93.4 Å². The molecule has 2 aromatic heterocycles. The van der Waals surface area contributed by atoms with Crippen LogP contribution in [0.15, 0.2) is 12.7 Å². The molecule has 0 aromatic carbocycles. The van der Waals surface area contributed by atoms with Gasteiger partial charge in [0.15, 0.2) is 5.52 Å². The predicted octanol–water partition coefficient (Wildman–Crippen LogP) is -0.297. The van der Waals surface area contributed by atoms with Crippen LogP contribution in [0.2, 0.25) is 0 Å². The van der Waals surface area contributed by atoms with Crippen molar-refractivity contribution >= 4 is 17.0 Å². The lowest BCUT2D eigenvalue weighted by atomic mass is 10.4. The molecule has 0 radical (unpaired) electrons. The van der Waals surface area contributed by atoms with Crippen molar-refractivity contribution < 1.29 is 9.67 Å². The molecule has 0 atom stereocenters. The van der Waals surface area contributed by atoms with E-state index < -0.39 is 0 Å². The second kappa shape index (κ2) is 4.44. The van der Waals surface area contributed by atoms with Gasteiger partial charge in [-0.1, -0.05) is 4.98 Å². The molecule has 0 bridgehead atoms. The zero-order chi connectivity index (χ0) is 11.5. The number of hydrogen-bond donors (Lipinski definition) is 2. The molecule has 0 fully saturated rings. The number of nitrogens with zero attached hydrogens (tertiary/aromatic N) is 4. The molecule has 3 N–H and O–H groups in total. The minimum atomic E-state index is 0.147. The molecular formula is C10H16N5O+. The largest absolute Gasteiger partial charge is 0.396 e. The molecular weight excluding hydrogens is 206 g/mol. The number of aliphatic hydroxyl groups excluding tert-OH is 1. The molecule has 2 rings (SSSR count). The van der Waals surface area contributed by atoms with E-state index in [2.05, 4.69) is 9.97 Å². The van der Waals surface area contributed by atoms with E-state index in [9.17, 15) is 0 Å². The third-order valence-corrected chi connectivity index (χ3v) is 2.58. The molecule has 6 heteroatoms. The van der Waals surface area contributed by atoms with E-state index in [0.29, 0.717) is 18.8 Å². The molecule has 2 heterocycles. The number of nitrogens with two attached hydrogens (primary N) is 1. The molecule has 0 unspecified atom stereocenters. The highest BCUT2D eigenvalue weighted by atomic mass is 16.3. The van der Waals surface area contributed by atoms with Crippen LogP contribution in [-0.4, -0.2) is 26.2 Å². The molecule has 86 valence electrons. The summed E-state index contributed by atoms with van der Waals surface area (Å²) in [7, 11) is 0. The van der Waals surface area contributed by atoms with Gasteiger partial charge in [-0.25, -0.2) is 9.55 Å². The van der Waals surface area contributed by atoms with E-state index in [1.54, 1.807) is 12.7 Å².